The topological polar surface area (TPSA) is 59.5 Å². The zero-order valence-corrected chi connectivity index (χ0v) is 17.4. The standard InChI is InChI=1S/C24H22N2O3S/c27-21(26-11-3-4-12-26)15-29-24(28)22-18-7-1-2-8-20(18)25-23-16(9-10-19(22)23)14-17-6-5-13-30-17/h1-2,5-8,13-14H,3-4,9-12,15H2/b16-14-. The van der Waals surface area contributed by atoms with Crippen molar-refractivity contribution < 1.29 is 14.3 Å². The molecule has 3 heterocycles. The molecule has 0 radical (unpaired) electrons. The minimum absolute atomic E-state index is 0.117. The molecule has 1 aromatic carbocycles. The van der Waals surface area contributed by atoms with Gasteiger partial charge in [-0.25, -0.2) is 9.78 Å². The van der Waals surface area contributed by atoms with Gasteiger partial charge in [0.15, 0.2) is 6.61 Å². The molecular weight excluding hydrogens is 396 g/mol. The third-order valence-electron chi connectivity index (χ3n) is 5.79. The Balaban J connectivity index is 1.50. The Morgan fingerprint density at radius 3 is 2.73 bits per heavy atom. The first kappa shape index (κ1) is 19.0. The summed E-state index contributed by atoms with van der Waals surface area (Å²) >= 11 is 1.68. The number of allylic oxidation sites excluding steroid dienone is 1. The van der Waals surface area contributed by atoms with E-state index in [0.29, 0.717) is 5.56 Å². The lowest BCUT2D eigenvalue weighted by molar-refractivity contribution is -0.133. The second kappa shape index (κ2) is 8.03. The molecule has 5 rings (SSSR count). The van der Waals surface area contributed by atoms with Crippen LogP contribution in [0.3, 0.4) is 0 Å². The van der Waals surface area contributed by atoms with E-state index in [-0.39, 0.29) is 12.5 Å². The van der Waals surface area contributed by atoms with Crippen molar-refractivity contribution in [2.24, 2.45) is 0 Å². The van der Waals surface area contributed by atoms with Gasteiger partial charge in [-0.3, -0.25) is 4.79 Å². The molecule has 1 aliphatic carbocycles. The zero-order valence-electron chi connectivity index (χ0n) is 16.6. The van der Waals surface area contributed by atoms with Gasteiger partial charge < -0.3 is 9.64 Å². The van der Waals surface area contributed by atoms with Gasteiger partial charge in [0.1, 0.15) is 0 Å². The van der Waals surface area contributed by atoms with E-state index in [1.807, 2.05) is 30.3 Å². The number of esters is 1. The quantitative estimate of drug-likeness (QED) is 0.583. The summed E-state index contributed by atoms with van der Waals surface area (Å²) in [5.41, 5.74) is 4.27. The molecule has 0 N–H and O–H groups in total. The predicted octanol–water partition coefficient (Wildman–Crippen LogP) is 4.56. The summed E-state index contributed by atoms with van der Waals surface area (Å²) < 4.78 is 5.50. The van der Waals surface area contributed by atoms with E-state index < -0.39 is 5.97 Å². The van der Waals surface area contributed by atoms with Crippen LogP contribution in [-0.2, 0) is 16.0 Å². The van der Waals surface area contributed by atoms with Crippen LogP contribution < -0.4 is 0 Å². The van der Waals surface area contributed by atoms with Crippen molar-refractivity contribution in [2.75, 3.05) is 19.7 Å². The van der Waals surface area contributed by atoms with E-state index in [0.717, 1.165) is 66.5 Å². The molecule has 1 saturated heterocycles. The van der Waals surface area contributed by atoms with Crippen molar-refractivity contribution in [3.63, 3.8) is 0 Å². The lowest BCUT2D eigenvalue weighted by atomic mass is 10.0. The predicted molar refractivity (Wildman–Crippen MR) is 118 cm³/mol. The van der Waals surface area contributed by atoms with Crippen molar-refractivity contribution in [3.8, 4) is 0 Å². The largest absolute Gasteiger partial charge is 0.452 e. The van der Waals surface area contributed by atoms with E-state index in [9.17, 15) is 9.59 Å². The number of nitrogens with zero attached hydrogens (tertiary/aromatic N) is 2. The third kappa shape index (κ3) is 3.52. The van der Waals surface area contributed by atoms with Crippen molar-refractivity contribution in [2.45, 2.75) is 25.7 Å². The van der Waals surface area contributed by atoms with Gasteiger partial charge in [0.05, 0.1) is 16.8 Å². The van der Waals surface area contributed by atoms with Crippen molar-refractivity contribution in [1.29, 1.82) is 0 Å². The van der Waals surface area contributed by atoms with Crippen molar-refractivity contribution >= 4 is 45.8 Å². The Morgan fingerprint density at radius 1 is 1.10 bits per heavy atom. The summed E-state index contributed by atoms with van der Waals surface area (Å²) in [7, 11) is 0. The molecule has 0 atom stereocenters. The van der Waals surface area contributed by atoms with E-state index in [4.69, 9.17) is 9.72 Å². The van der Waals surface area contributed by atoms with Gasteiger partial charge in [-0.2, -0.15) is 0 Å². The minimum atomic E-state index is -0.435. The molecule has 2 aromatic heterocycles. The van der Waals surface area contributed by atoms with E-state index in [1.54, 1.807) is 16.2 Å². The maximum absolute atomic E-state index is 13.1. The fourth-order valence-corrected chi connectivity index (χ4v) is 5.00. The minimum Gasteiger partial charge on any atom is -0.452 e. The Labute approximate surface area is 179 Å². The van der Waals surface area contributed by atoms with Crippen LogP contribution in [-0.4, -0.2) is 41.5 Å². The van der Waals surface area contributed by atoms with Gasteiger partial charge in [0, 0.05) is 23.4 Å². The number of likely N-dealkylation sites (tertiary alicyclic amines) is 1. The number of carbonyl (C=O) groups is 2. The zero-order chi connectivity index (χ0) is 20.5. The third-order valence-corrected chi connectivity index (χ3v) is 6.61. The first-order valence-corrected chi connectivity index (χ1v) is 11.2. The Morgan fingerprint density at radius 2 is 1.93 bits per heavy atom. The highest BCUT2D eigenvalue weighted by Gasteiger charge is 2.28. The summed E-state index contributed by atoms with van der Waals surface area (Å²) in [6.45, 7) is 1.30. The van der Waals surface area contributed by atoms with E-state index in [2.05, 4.69) is 17.5 Å². The van der Waals surface area contributed by atoms with Gasteiger partial charge in [-0.1, -0.05) is 24.3 Å². The van der Waals surface area contributed by atoms with Gasteiger partial charge >= 0.3 is 5.97 Å². The van der Waals surface area contributed by atoms with Crippen LogP contribution in [0.15, 0.2) is 41.8 Å². The molecule has 1 aliphatic heterocycles. The normalized spacial score (nSPS) is 16.9. The number of para-hydroxylation sites is 1. The molecule has 30 heavy (non-hydrogen) atoms. The number of amides is 1. The average Bonchev–Trinajstić information content (AvgIpc) is 3.53. The molecule has 152 valence electrons. The van der Waals surface area contributed by atoms with Crippen molar-refractivity contribution in [1.82, 2.24) is 9.88 Å². The summed E-state index contributed by atoms with van der Waals surface area (Å²) in [5, 5.41) is 2.84. The summed E-state index contributed by atoms with van der Waals surface area (Å²) in [5.74, 6) is -0.552. The molecule has 6 heteroatoms. The molecule has 5 nitrogen and oxygen atoms in total. The van der Waals surface area contributed by atoms with Gasteiger partial charge in [0.2, 0.25) is 0 Å². The second-order valence-corrected chi connectivity index (χ2v) is 8.66. The highest BCUT2D eigenvalue weighted by atomic mass is 32.1. The summed E-state index contributed by atoms with van der Waals surface area (Å²) in [6.07, 6.45) is 5.77. The number of aromatic nitrogens is 1. The molecule has 0 unspecified atom stereocenters. The van der Waals surface area contributed by atoms with Gasteiger partial charge in [-0.15, -0.1) is 11.3 Å². The maximum atomic E-state index is 13.1. The van der Waals surface area contributed by atoms with Crippen LogP contribution in [0.25, 0.3) is 22.6 Å². The van der Waals surface area contributed by atoms with Crippen LogP contribution in [0.2, 0.25) is 0 Å². The number of pyridine rings is 1. The maximum Gasteiger partial charge on any atom is 0.339 e. The van der Waals surface area contributed by atoms with Crippen LogP contribution >= 0.6 is 11.3 Å². The molecule has 1 fully saturated rings. The lowest BCUT2D eigenvalue weighted by Crippen LogP contribution is -2.32. The van der Waals surface area contributed by atoms with Crippen LogP contribution in [0.5, 0.6) is 0 Å². The van der Waals surface area contributed by atoms with Crippen molar-refractivity contribution in [3.05, 3.63) is 63.5 Å². The smallest absolute Gasteiger partial charge is 0.339 e. The molecular formula is C24H22N2O3S. The lowest BCUT2D eigenvalue weighted by Gasteiger charge is -2.16. The summed E-state index contributed by atoms with van der Waals surface area (Å²) in [6, 6.07) is 11.8. The molecule has 0 spiro atoms. The van der Waals surface area contributed by atoms with Gasteiger partial charge in [0.25, 0.3) is 5.91 Å². The first-order valence-electron chi connectivity index (χ1n) is 10.3. The Hall–Kier alpha value is -2.99. The van der Waals surface area contributed by atoms with Crippen LogP contribution in [0.1, 0.15) is 45.8 Å². The number of thiophene rings is 1. The average molecular weight is 419 g/mol. The fraction of sp³-hybridized carbons (Fsp3) is 0.292. The highest BCUT2D eigenvalue weighted by molar-refractivity contribution is 7.10. The molecule has 1 amide bonds. The number of carbonyl (C=O) groups excluding carboxylic acids is 2. The van der Waals surface area contributed by atoms with Crippen LogP contribution in [0, 0.1) is 0 Å². The van der Waals surface area contributed by atoms with E-state index >= 15 is 0 Å². The number of benzene rings is 1. The van der Waals surface area contributed by atoms with E-state index in [1.165, 1.54) is 4.88 Å². The summed E-state index contributed by atoms with van der Waals surface area (Å²) in [4.78, 5) is 33.3. The fourth-order valence-electron chi connectivity index (χ4n) is 4.31. The highest BCUT2D eigenvalue weighted by Crippen LogP contribution is 2.38. The SMILES string of the molecule is O=C(OCC(=O)N1CCCC1)c1c2c(nc3ccccc13)/C(=C\c1cccs1)CC2. The number of hydrogen-bond donors (Lipinski definition) is 0. The molecule has 3 aromatic rings. The van der Waals surface area contributed by atoms with Crippen LogP contribution in [0.4, 0.5) is 0 Å². The number of rotatable bonds is 4. The monoisotopic (exact) mass is 418 g/mol. The first-order chi connectivity index (χ1) is 14.7. The second-order valence-electron chi connectivity index (χ2n) is 7.68. The molecule has 0 bridgehead atoms. The molecule has 2 aliphatic rings. The molecule has 0 saturated carbocycles. The number of ether oxygens (including phenoxy) is 1. The van der Waals surface area contributed by atoms with Gasteiger partial charge in [-0.05, 0) is 60.4 Å². The Bertz CT molecular complexity index is 1140. The Kier molecular flexibility index (Phi) is 5.09. The number of hydrogen-bond acceptors (Lipinski definition) is 5. The number of fused-ring (bicyclic) bond motifs is 2.